The van der Waals surface area contributed by atoms with E-state index in [0.29, 0.717) is 16.1 Å². The molecule has 1 fully saturated rings. The highest BCUT2D eigenvalue weighted by atomic mass is 32.2. The Bertz CT molecular complexity index is 931. The highest BCUT2D eigenvalue weighted by molar-refractivity contribution is 7.89. The molecule has 0 unspecified atom stereocenters. The van der Waals surface area contributed by atoms with Gasteiger partial charge in [0.05, 0.1) is 10.5 Å². The molecule has 0 bridgehead atoms. The summed E-state index contributed by atoms with van der Waals surface area (Å²) in [6.07, 6.45) is 1.76. The van der Waals surface area contributed by atoms with Gasteiger partial charge in [-0.25, -0.2) is 8.42 Å². The highest BCUT2D eigenvalue weighted by Gasteiger charge is 2.35. The summed E-state index contributed by atoms with van der Waals surface area (Å²) in [6, 6.07) is 7.49. The molecule has 1 saturated carbocycles. The van der Waals surface area contributed by atoms with Crippen LogP contribution < -0.4 is 10.6 Å². The number of benzene rings is 1. The maximum Gasteiger partial charge on any atom is 0.256 e. The molecule has 3 rings (SSSR count). The molecule has 7 nitrogen and oxygen atoms in total. The summed E-state index contributed by atoms with van der Waals surface area (Å²) in [6.45, 7) is 0. The topological polar surface area (TPSA) is 95.6 Å². The Morgan fingerprint density at radius 2 is 1.77 bits per heavy atom. The van der Waals surface area contributed by atoms with Crippen LogP contribution in [0.5, 0.6) is 0 Å². The number of rotatable bonds is 6. The predicted octanol–water partition coefficient (Wildman–Crippen LogP) is 2.14. The van der Waals surface area contributed by atoms with Gasteiger partial charge in [-0.2, -0.15) is 4.31 Å². The van der Waals surface area contributed by atoms with Crippen molar-refractivity contribution in [1.82, 2.24) is 9.62 Å². The fraction of sp³-hybridized carbons (Fsp3) is 0.294. The van der Waals surface area contributed by atoms with E-state index in [9.17, 15) is 18.0 Å². The van der Waals surface area contributed by atoms with Crippen LogP contribution in [-0.2, 0) is 10.0 Å². The van der Waals surface area contributed by atoms with E-state index in [1.54, 1.807) is 18.5 Å². The lowest BCUT2D eigenvalue weighted by Gasteiger charge is -2.16. The molecular formula is C17H19N3O4S2. The molecule has 2 aromatic rings. The zero-order valence-corrected chi connectivity index (χ0v) is 16.0. The summed E-state index contributed by atoms with van der Waals surface area (Å²) in [7, 11) is -0.447. The summed E-state index contributed by atoms with van der Waals surface area (Å²) < 4.78 is 26.4. The van der Waals surface area contributed by atoms with Gasteiger partial charge in [0.25, 0.3) is 11.8 Å². The monoisotopic (exact) mass is 393 g/mol. The van der Waals surface area contributed by atoms with Crippen LogP contribution in [0.4, 0.5) is 5.00 Å². The molecule has 0 spiro atoms. The van der Waals surface area contributed by atoms with Crippen molar-refractivity contribution in [3.63, 3.8) is 0 Å². The van der Waals surface area contributed by atoms with E-state index >= 15 is 0 Å². The SMILES string of the molecule is CNC(=O)c1ccsc1NC(=O)c1ccc(S(=O)(=O)N(C)C2CC2)cc1. The van der Waals surface area contributed by atoms with Gasteiger partial charge in [-0.3, -0.25) is 9.59 Å². The Balaban J connectivity index is 1.75. The molecule has 1 aliphatic carbocycles. The van der Waals surface area contributed by atoms with Crippen LogP contribution in [0.1, 0.15) is 33.6 Å². The number of hydrogen-bond donors (Lipinski definition) is 2. The van der Waals surface area contributed by atoms with Crippen molar-refractivity contribution in [3.8, 4) is 0 Å². The lowest BCUT2D eigenvalue weighted by molar-refractivity contribution is 0.0964. The summed E-state index contributed by atoms with van der Waals surface area (Å²) >= 11 is 1.24. The molecule has 0 saturated heterocycles. The zero-order chi connectivity index (χ0) is 18.9. The molecule has 0 atom stereocenters. The number of carbonyl (C=O) groups excluding carboxylic acids is 2. The minimum absolute atomic E-state index is 0.0740. The second-order valence-corrected chi connectivity index (χ2v) is 8.89. The van der Waals surface area contributed by atoms with Crippen molar-refractivity contribution in [2.75, 3.05) is 19.4 Å². The van der Waals surface area contributed by atoms with E-state index in [1.807, 2.05) is 0 Å². The molecule has 9 heteroatoms. The first-order valence-corrected chi connectivity index (χ1v) is 10.4. The van der Waals surface area contributed by atoms with Gasteiger partial charge < -0.3 is 10.6 Å². The maximum atomic E-state index is 12.5. The first kappa shape index (κ1) is 18.6. The van der Waals surface area contributed by atoms with E-state index in [1.165, 1.54) is 47.0 Å². The van der Waals surface area contributed by atoms with Crippen molar-refractivity contribution in [2.24, 2.45) is 0 Å². The van der Waals surface area contributed by atoms with Gasteiger partial charge in [0, 0.05) is 25.7 Å². The molecule has 1 heterocycles. The van der Waals surface area contributed by atoms with Crippen molar-refractivity contribution >= 4 is 38.2 Å². The second kappa shape index (κ2) is 7.18. The van der Waals surface area contributed by atoms with Crippen LogP contribution >= 0.6 is 11.3 Å². The number of anilines is 1. The smallest absolute Gasteiger partial charge is 0.256 e. The van der Waals surface area contributed by atoms with E-state index < -0.39 is 15.9 Å². The lowest BCUT2D eigenvalue weighted by atomic mass is 10.2. The van der Waals surface area contributed by atoms with E-state index in [2.05, 4.69) is 10.6 Å². The number of hydrogen-bond acceptors (Lipinski definition) is 5. The van der Waals surface area contributed by atoms with Crippen LogP contribution in [-0.4, -0.2) is 44.7 Å². The molecule has 138 valence electrons. The van der Waals surface area contributed by atoms with Crippen LogP contribution in [0.25, 0.3) is 0 Å². The van der Waals surface area contributed by atoms with Crippen molar-refractivity contribution in [2.45, 2.75) is 23.8 Å². The minimum Gasteiger partial charge on any atom is -0.355 e. The molecule has 26 heavy (non-hydrogen) atoms. The number of nitrogens with zero attached hydrogens (tertiary/aromatic N) is 1. The minimum atomic E-state index is -3.54. The Kier molecular flexibility index (Phi) is 5.12. The summed E-state index contributed by atoms with van der Waals surface area (Å²) in [5, 5.41) is 7.36. The normalized spacial score (nSPS) is 14.3. The third-order valence-electron chi connectivity index (χ3n) is 4.22. The van der Waals surface area contributed by atoms with Crippen molar-refractivity contribution in [3.05, 3.63) is 46.8 Å². The standard InChI is InChI=1S/C17H19N3O4S2/c1-18-16(22)14-9-10-25-17(14)19-15(21)11-3-7-13(8-4-11)26(23,24)20(2)12-5-6-12/h3-4,7-10,12H,5-6H2,1-2H3,(H,18,22)(H,19,21). The second-order valence-electron chi connectivity index (χ2n) is 5.97. The molecule has 1 aromatic heterocycles. The number of nitrogens with one attached hydrogen (secondary N) is 2. The third-order valence-corrected chi connectivity index (χ3v) is 6.97. The van der Waals surface area contributed by atoms with Crippen LogP contribution in [0.15, 0.2) is 40.6 Å². The molecule has 2 N–H and O–H groups in total. The Labute approximate surface area is 156 Å². The largest absolute Gasteiger partial charge is 0.355 e. The summed E-state index contributed by atoms with van der Waals surface area (Å²) in [5.74, 6) is -0.691. The fourth-order valence-electron chi connectivity index (χ4n) is 2.47. The average Bonchev–Trinajstić information content (AvgIpc) is 3.39. The number of sulfonamides is 1. The van der Waals surface area contributed by atoms with Crippen molar-refractivity contribution in [1.29, 1.82) is 0 Å². The van der Waals surface area contributed by atoms with Gasteiger partial charge in [0.1, 0.15) is 5.00 Å². The summed E-state index contributed by atoms with van der Waals surface area (Å²) in [5.41, 5.74) is 0.699. The van der Waals surface area contributed by atoms with E-state index in [-0.39, 0.29) is 16.8 Å². The Hall–Kier alpha value is -2.23. The summed E-state index contributed by atoms with van der Waals surface area (Å²) in [4.78, 5) is 24.3. The molecule has 2 amide bonds. The fourth-order valence-corrected chi connectivity index (χ4v) is 4.67. The molecule has 1 aromatic carbocycles. The van der Waals surface area contributed by atoms with Crippen LogP contribution in [0, 0.1) is 0 Å². The molecule has 0 aliphatic heterocycles. The van der Waals surface area contributed by atoms with Gasteiger partial charge >= 0.3 is 0 Å². The highest BCUT2D eigenvalue weighted by Crippen LogP contribution is 2.30. The van der Waals surface area contributed by atoms with E-state index in [4.69, 9.17) is 0 Å². The van der Waals surface area contributed by atoms with Gasteiger partial charge in [-0.15, -0.1) is 11.3 Å². The van der Waals surface area contributed by atoms with Gasteiger partial charge in [-0.05, 0) is 48.6 Å². The molecular weight excluding hydrogens is 374 g/mol. The van der Waals surface area contributed by atoms with Gasteiger partial charge in [0.2, 0.25) is 10.0 Å². The number of amides is 2. The first-order chi connectivity index (χ1) is 12.3. The number of carbonyl (C=O) groups is 2. The quantitative estimate of drug-likeness (QED) is 0.786. The average molecular weight is 393 g/mol. The van der Waals surface area contributed by atoms with Gasteiger partial charge in [0.15, 0.2) is 0 Å². The van der Waals surface area contributed by atoms with Crippen LogP contribution in [0.3, 0.4) is 0 Å². The molecule has 1 aliphatic rings. The maximum absolute atomic E-state index is 12.5. The van der Waals surface area contributed by atoms with Crippen molar-refractivity contribution < 1.29 is 18.0 Å². The zero-order valence-electron chi connectivity index (χ0n) is 14.4. The van der Waals surface area contributed by atoms with Gasteiger partial charge in [-0.1, -0.05) is 0 Å². The van der Waals surface area contributed by atoms with E-state index in [0.717, 1.165) is 12.8 Å². The number of thiophene rings is 1. The lowest BCUT2D eigenvalue weighted by Crippen LogP contribution is -2.29. The first-order valence-electron chi connectivity index (χ1n) is 8.03. The van der Waals surface area contributed by atoms with Crippen LogP contribution in [0.2, 0.25) is 0 Å². The Morgan fingerprint density at radius 1 is 1.12 bits per heavy atom. The third kappa shape index (κ3) is 3.64. The Morgan fingerprint density at radius 3 is 2.35 bits per heavy atom. The predicted molar refractivity (Wildman–Crippen MR) is 100 cm³/mol. The molecule has 0 radical (unpaired) electrons.